The van der Waals surface area contributed by atoms with Crippen LogP contribution in [0.1, 0.15) is 39.5 Å². The number of likely N-dealkylation sites (tertiary alicyclic amines) is 1. The van der Waals surface area contributed by atoms with E-state index in [1.807, 2.05) is 0 Å². The van der Waals surface area contributed by atoms with Crippen LogP contribution in [0, 0.1) is 11.8 Å². The lowest BCUT2D eigenvalue weighted by Gasteiger charge is -2.37. The number of nitrogens with two attached hydrogens (primary N) is 2. The van der Waals surface area contributed by atoms with Crippen LogP contribution in [-0.2, 0) is 4.79 Å². The molecule has 0 spiro atoms. The predicted octanol–water partition coefficient (Wildman–Crippen LogP) is 1.00. The molecule has 0 bridgehead atoms. The second kappa shape index (κ2) is 12.4. The van der Waals surface area contributed by atoms with Gasteiger partial charge in [-0.3, -0.25) is 14.7 Å². The van der Waals surface area contributed by atoms with Crippen molar-refractivity contribution in [1.82, 2.24) is 24.3 Å². The highest BCUT2D eigenvalue weighted by Crippen LogP contribution is 2.28. The summed E-state index contributed by atoms with van der Waals surface area (Å²) in [5, 5.41) is 2.71. The minimum absolute atomic E-state index is 0. The predicted molar refractivity (Wildman–Crippen MR) is 146 cm³/mol. The first-order chi connectivity index (χ1) is 17.1. The largest absolute Gasteiger partial charge is 0.353 e. The maximum absolute atomic E-state index is 12.7. The van der Waals surface area contributed by atoms with Crippen LogP contribution in [0.5, 0.6) is 0 Å². The third-order valence-corrected chi connectivity index (χ3v) is 7.47. The number of carbonyl (C=O) groups is 2. The number of nitrogens with zero attached hydrogens (tertiary/aromatic N) is 5. The average Bonchev–Trinajstić information content (AvgIpc) is 3.31. The van der Waals surface area contributed by atoms with Gasteiger partial charge in [-0.2, -0.15) is 4.98 Å². The fourth-order valence-corrected chi connectivity index (χ4v) is 5.30. The van der Waals surface area contributed by atoms with Crippen molar-refractivity contribution >= 4 is 35.9 Å². The fraction of sp³-hybridized carbons (Fsp3) is 0.680. The normalized spacial score (nSPS) is 22.9. The Hall–Kier alpha value is -2.47. The summed E-state index contributed by atoms with van der Waals surface area (Å²) in [5.74, 6) is 1.31. The standard InChI is InChI=1S/C25H40N8O3.ClH/c1-25(2,27)22(34)31-11-13-32(14-12-31)23(35)28-21-8-10-33(24(36)29-21)20-5-3-18(4-6-20)16-30-9-7-19(15-26)17-30;/h5,8,10,18-19H,3-4,6-7,9,11-17,26-27H2,1-2H3,(H,28,29,35,36);1H/t18-,19+;/m0./s1. The Morgan fingerprint density at radius 1 is 1.11 bits per heavy atom. The first kappa shape index (κ1) is 29.1. The Morgan fingerprint density at radius 3 is 2.38 bits per heavy atom. The third kappa shape index (κ3) is 7.31. The summed E-state index contributed by atoms with van der Waals surface area (Å²) in [6, 6.07) is 1.32. The Kier molecular flexibility index (Phi) is 9.74. The minimum atomic E-state index is -0.936. The molecule has 206 valence electrons. The molecule has 37 heavy (non-hydrogen) atoms. The van der Waals surface area contributed by atoms with Crippen LogP contribution in [0.15, 0.2) is 23.1 Å². The first-order valence-corrected chi connectivity index (χ1v) is 13.0. The smallest absolute Gasteiger partial charge is 0.338 e. The minimum Gasteiger partial charge on any atom is -0.338 e. The molecule has 0 aromatic carbocycles. The average molecular weight is 537 g/mol. The van der Waals surface area contributed by atoms with Crippen LogP contribution in [-0.4, -0.2) is 94.1 Å². The molecule has 0 unspecified atom stereocenters. The number of urea groups is 1. The number of piperazine rings is 1. The number of anilines is 1. The number of carbonyl (C=O) groups excluding carboxylic acids is 2. The van der Waals surface area contributed by atoms with Crippen LogP contribution < -0.4 is 22.5 Å². The third-order valence-electron chi connectivity index (χ3n) is 7.47. The van der Waals surface area contributed by atoms with Crippen LogP contribution in [0.25, 0.3) is 5.70 Å². The molecule has 0 radical (unpaired) electrons. The maximum Gasteiger partial charge on any atom is 0.353 e. The van der Waals surface area contributed by atoms with E-state index in [1.165, 1.54) is 6.42 Å². The van der Waals surface area contributed by atoms with Gasteiger partial charge in [0.05, 0.1) is 5.54 Å². The van der Waals surface area contributed by atoms with E-state index in [0.29, 0.717) is 38.0 Å². The molecule has 2 aliphatic heterocycles. The highest BCUT2D eigenvalue weighted by Gasteiger charge is 2.31. The Balaban J connectivity index is 0.00000380. The first-order valence-electron chi connectivity index (χ1n) is 13.0. The highest BCUT2D eigenvalue weighted by atomic mass is 35.5. The van der Waals surface area contributed by atoms with Gasteiger partial charge in [-0.15, -0.1) is 12.4 Å². The molecule has 5 N–H and O–H groups in total. The summed E-state index contributed by atoms with van der Waals surface area (Å²) in [4.78, 5) is 47.6. The van der Waals surface area contributed by atoms with E-state index < -0.39 is 11.2 Å². The number of allylic oxidation sites excluding steroid dienone is 2. The highest BCUT2D eigenvalue weighted by molar-refractivity contribution is 5.89. The van der Waals surface area contributed by atoms with Crippen molar-refractivity contribution in [2.75, 3.05) is 57.7 Å². The maximum atomic E-state index is 12.7. The molecule has 3 heterocycles. The lowest BCUT2D eigenvalue weighted by molar-refractivity contribution is -0.137. The molecule has 2 atom stereocenters. The number of hydrogen-bond donors (Lipinski definition) is 3. The van der Waals surface area contributed by atoms with Crippen LogP contribution in [0.3, 0.4) is 0 Å². The molecule has 11 nitrogen and oxygen atoms in total. The van der Waals surface area contributed by atoms with Crippen molar-refractivity contribution in [3.63, 3.8) is 0 Å². The molecule has 12 heteroatoms. The van der Waals surface area contributed by atoms with Crippen LogP contribution >= 0.6 is 12.4 Å². The van der Waals surface area contributed by atoms with Gasteiger partial charge in [-0.05, 0) is 70.5 Å². The summed E-state index contributed by atoms with van der Waals surface area (Å²) < 4.78 is 1.57. The van der Waals surface area contributed by atoms with E-state index in [1.54, 1.807) is 40.5 Å². The van der Waals surface area contributed by atoms with Crippen molar-refractivity contribution < 1.29 is 9.59 Å². The number of rotatable bonds is 6. The Bertz CT molecular complexity index is 1050. The molecular formula is C25H41ClN8O3. The molecular weight excluding hydrogens is 496 g/mol. The van der Waals surface area contributed by atoms with Gasteiger partial charge in [0.15, 0.2) is 0 Å². The van der Waals surface area contributed by atoms with Gasteiger partial charge < -0.3 is 26.2 Å². The summed E-state index contributed by atoms with van der Waals surface area (Å²) in [5.41, 5.74) is 11.3. The van der Waals surface area contributed by atoms with Crippen LogP contribution in [0.2, 0.25) is 0 Å². The van der Waals surface area contributed by atoms with Crippen molar-refractivity contribution in [2.24, 2.45) is 23.3 Å². The lowest BCUT2D eigenvalue weighted by atomic mass is 9.92. The quantitative estimate of drug-likeness (QED) is 0.492. The van der Waals surface area contributed by atoms with Gasteiger partial charge in [0.1, 0.15) is 5.82 Å². The number of nitrogens with one attached hydrogen (secondary N) is 1. The number of amides is 3. The monoisotopic (exact) mass is 536 g/mol. The topological polar surface area (TPSA) is 143 Å². The van der Waals surface area contributed by atoms with Gasteiger partial charge in [0.25, 0.3) is 0 Å². The van der Waals surface area contributed by atoms with Gasteiger partial charge in [0.2, 0.25) is 5.91 Å². The molecule has 4 rings (SSSR count). The molecule has 2 fully saturated rings. The summed E-state index contributed by atoms with van der Waals surface area (Å²) in [6.07, 6.45) is 7.83. The molecule has 3 aliphatic rings. The summed E-state index contributed by atoms with van der Waals surface area (Å²) in [7, 11) is 0. The molecule has 0 saturated carbocycles. The number of hydrogen-bond acceptors (Lipinski definition) is 7. The second-order valence-electron chi connectivity index (χ2n) is 10.9. The van der Waals surface area contributed by atoms with Crippen molar-refractivity contribution in [2.45, 2.75) is 45.1 Å². The van der Waals surface area contributed by atoms with Gasteiger partial charge in [-0.25, -0.2) is 9.59 Å². The zero-order valence-corrected chi connectivity index (χ0v) is 22.7. The van der Waals surface area contributed by atoms with Crippen molar-refractivity contribution in [3.8, 4) is 0 Å². The van der Waals surface area contributed by atoms with E-state index in [0.717, 1.165) is 51.1 Å². The van der Waals surface area contributed by atoms with E-state index in [9.17, 15) is 14.4 Å². The van der Waals surface area contributed by atoms with Crippen molar-refractivity contribution in [3.05, 3.63) is 28.8 Å². The number of halogens is 1. The zero-order chi connectivity index (χ0) is 25.9. The lowest BCUT2D eigenvalue weighted by Crippen LogP contribution is -2.58. The van der Waals surface area contributed by atoms with E-state index in [4.69, 9.17) is 11.5 Å². The number of aromatic nitrogens is 2. The Labute approximate surface area is 224 Å². The summed E-state index contributed by atoms with van der Waals surface area (Å²) in [6.45, 7) is 9.06. The van der Waals surface area contributed by atoms with E-state index in [2.05, 4.69) is 21.3 Å². The molecule has 1 aromatic rings. The zero-order valence-electron chi connectivity index (χ0n) is 21.9. The fourth-order valence-electron chi connectivity index (χ4n) is 5.30. The van der Waals surface area contributed by atoms with Crippen LogP contribution in [0.4, 0.5) is 10.6 Å². The second-order valence-corrected chi connectivity index (χ2v) is 10.9. The molecule has 3 amide bonds. The van der Waals surface area contributed by atoms with E-state index >= 15 is 0 Å². The van der Waals surface area contributed by atoms with E-state index in [-0.39, 0.29) is 30.2 Å². The molecule has 1 aliphatic carbocycles. The van der Waals surface area contributed by atoms with Gasteiger partial charge in [-0.1, -0.05) is 6.08 Å². The SMILES string of the molecule is CC(C)(N)C(=O)N1CCN(C(=O)Nc2ccn(C3=CC[C@H](CN4CC[C@H](CN)C4)CC3)c(=O)n2)CC1.Cl. The molecule has 2 saturated heterocycles. The summed E-state index contributed by atoms with van der Waals surface area (Å²) >= 11 is 0. The Morgan fingerprint density at radius 2 is 1.81 bits per heavy atom. The van der Waals surface area contributed by atoms with Crippen molar-refractivity contribution in [1.29, 1.82) is 0 Å². The van der Waals surface area contributed by atoms with Gasteiger partial charge >= 0.3 is 11.7 Å². The van der Waals surface area contributed by atoms with Gasteiger partial charge in [0, 0.05) is 51.2 Å². The molecule has 1 aromatic heterocycles.